The van der Waals surface area contributed by atoms with E-state index in [2.05, 4.69) is 28.2 Å². The highest BCUT2D eigenvalue weighted by Gasteiger charge is 2.14. The number of Topliss-reactive ketones (excluding diaryl/α,β-unsaturated/α-hetero) is 1. The van der Waals surface area contributed by atoms with Crippen molar-refractivity contribution in [2.75, 3.05) is 41.3 Å². The molecule has 0 aromatic rings. The predicted octanol–water partition coefficient (Wildman–Crippen LogP) is 1.52. The molecule has 0 fully saturated rings. The maximum absolute atomic E-state index is 12.0. The minimum Gasteiger partial charge on any atom is -0.355 e. The van der Waals surface area contributed by atoms with Crippen molar-refractivity contribution in [2.24, 2.45) is 5.92 Å². The summed E-state index contributed by atoms with van der Waals surface area (Å²) in [6.07, 6.45) is 6.76. The predicted molar refractivity (Wildman–Crippen MR) is 114 cm³/mol. The molecule has 2 unspecified atom stereocenters. The lowest BCUT2D eigenvalue weighted by Gasteiger charge is -2.16. The van der Waals surface area contributed by atoms with Crippen LogP contribution in [0.3, 0.4) is 0 Å². The van der Waals surface area contributed by atoms with Crippen LogP contribution in [0, 0.1) is 5.92 Å². The maximum atomic E-state index is 12.0. The van der Waals surface area contributed by atoms with Gasteiger partial charge in [-0.25, -0.2) is 0 Å². The maximum Gasteiger partial charge on any atom is 0.237 e. The van der Waals surface area contributed by atoms with Crippen LogP contribution in [0.15, 0.2) is 0 Å². The summed E-state index contributed by atoms with van der Waals surface area (Å²) in [7, 11) is 7.53. The number of carbonyl (C=O) groups is 3. The Morgan fingerprint density at radius 1 is 0.889 bits per heavy atom. The Hall–Kier alpha value is -1.31. The SMILES string of the molecule is C=O.CNC.CNCCCCC(NC)C(=O)NCCCCC(C)CC(C)=O. The molecule has 4 N–H and O–H groups in total. The van der Waals surface area contributed by atoms with E-state index in [4.69, 9.17) is 4.79 Å². The third-order valence-corrected chi connectivity index (χ3v) is 3.89. The Morgan fingerprint density at radius 3 is 1.89 bits per heavy atom. The summed E-state index contributed by atoms with van der Waals surface area (Å²) < 4.78 is 0. The fourth-order valence-corrected chi connectivity index (χ4v) is 2.60. The van der Waals surface area contributed by atoms with E-state index in [1.54, 1.807) is 6.92 Å². The number of carbonyl (C=O) groups excluding carboxylic acids is 3. The van der Waals surface area contributed by atoms with Crippen molar-refractivity contribution >= 4 is 18.5 Å². The van der Waals surface area contributed by atoms with Crippen molar-refractivity contribution in [1.82, 2.24) is 21.3 Å². The van der Waals surface area contributed by atoms with Gasteiger partial charge in [0, 0.05) is 13.0 Å². The number of rotatable bonds is 14. The molecule has 0 aliphatic carbocycles. The van der Waals surface area contributed by atoms with Crippen molar-refractivity contribution in [3.05, 3.63) is 0 Å². The zero-order valence-electron chi connectivity index (χ0n) is 18.5. The summed E-state index contributed by atoms with van der Waals surface area (Å²) in [5.41, 5.74) is 0. The quantitative estimate of drug-likeness (QED) is 0.337. The first kappa shape index (κ1) is 30.4. The molecule has 0 spiro atoms. The molecule has 1 amide bonds. The fourth-order valence-electron chi connectivity index (χ4n) is 2.60. The van der Waals surface area contributed by atoms with Gasteiger partial charge in [0.2, 0.25) is 5.91 Å². The number of hydrogen-bond donors (Lipinski definition) is 4. The van der Waals surface area contributed by atoms with Gasteiger partial charge >= 0.3 is 0 Å². The second-order valence-corrected chi connectivity index (χ2v) is 6.74. The van der Waals surface area contributed by atoms with E-state index in [-0.39, 0.29) is 17.7 Å². The molecule has 0 aromatic heterocycles. The number of hydrogen-bond acceptors (Lipinski definition) is 6. The van der Waals surface area contributed by atoms with Gasteiger partial charge in [-0.2, -0.15) is 0 Å². The van der Waals surface area contributed by atoms with Crippen LogP contribution in [0.2, 0.25) is 0 Å². The summed E-state index contributed by atoms with van der Waals surface area (Å²) in [5.74, 6) is 0.810. The molecule has 162 valence electrons. The smallest absolute Gasteiger partial charge is 0.237 e. The number of ketones is 1. The molecular formula is C20H44N4O3. The summed E-state index contributed by atoms with van der Waals surface area (Å²) in [6, 6.07) is -0.0894. The molecular weight excluding hydrogens is 344 g/mol. The van der Waals surface area contributed by atoms with Crippen molar-refractivity contribution in [3.8, 4) is 0 Å². The Balaban J connectivity index is -0.00000104. The summed E-state index contributed by atoms with van der Waals surface area (Å²) in [4.78, 5) is 31.0. The van der Waals surface area contributed by atoms with Crippen LogP contribution in [-0.4, -0.2) is 65.8 Å². The second kappa shape index (κ2) is 24.7. The van der Waals surface area contributed by atoms with E-state index in [1.807, 2.05) is 35.0 Å². The van der Waals surface area contributed by atoms with Crippen molar-refractivity contribution in [1.29, 1.82) is 0 Å². The summed E-state index contributed by atoms with van der Waals surface area (Å²) in [6.45, 7) is 7.48. The van der Waals surface area contributed by atoms with Gasteiger partial charge in [0.15, 0.2) is 0 Å². The average Bonchev–Trinajstić information content (AvgIpc) is 2.63. The third kappa shape index (κ3) is 24.7. The summed E-state index contributed by atoms with van der Waals surface area (Å²) >= 11 is 0. The molecule has 7 nitrogen and oxygen atoms in total. The molecule has 27 heavy (non-hydrogen) atoms. The van der Waals surface area contributed by atoms with Crippen LogP contribution in [0.5, 0.6) is 0 Å². The molecule has 0 heterocycles. The second-order valence-electron chi connectivity index (χ2n) is 6.74. The van der Waals surface area contributed by atoms with Crippen LogP contribution in [0.25, 0.3) is 0 Å². The lowest BCUT2D eigenvalue weighted by Crippen LogP contribution is -2.42. The molecule has 0 saturated heterocycles. The van der Waals surface area contributed by atoms with Crippen LogP contribution < -0.4 is 21.3 Å². The van der Waals surface area contributed by atoms with Gasteiger partial charge in [-0.3, -0.25) is 4.79 Å². The molecule has 2 atom stereocenters. The monoisotopic (exact) mass is 388 g/mol. The van der Waals surface area contributed by atoms with Crippen molar-refractivity contribution in [3.63, 3.8) is 0 Å². The summed E-state index contributed by atoms with van der Waals surface area (Å²) in [5, 5.41) is 12.0. The standard InChI is InChI=1S/C17H35N3O2.C2H7N.CH2O/c1-14(13-15(2)21)9-5-8-12-20-17(22)16(19-4)10-6-7-11-18-3;1-3-2;1-2/h14,16,18-19H,5-13H2,1-4H3,(H,20,22);3H,1-2H3;1H2. The van der Waals surface area contributed by atoms with Gasteiger partial charge in [0.25, 0.3) is 0 Å². The van der Waals surface area contributed by atoms with Crippen LogP contribution in [-0.2, 0) is 14.4 Å². The van der Waals surface area contributed by atoms with E-state index in [0.29, 0.717) is 12.3 Å². The topological polar surface area (TPSA) is 99.3 Å². The van der Waals surface area contributed by atoms with Crippen LogP contribution in [0.4, 0.5) is 0 Å². The van der Waals surface area contributed by atoms with Crippen molar-refractivity contribution in [2.45, 2.75) is 64.8 Å². The Morgan fingerprint density at radius 2 is 1.41 bits per heavy atom. The highest BCUT2D eigenvalue weighted by molar-refractivity contribution is 5.81. The number of amides is 1. The molecule has 0 radical (unpaired) electrons. The lowest BCUT2D eigenvalue weighted by atomic mass is 9.99. The Bertz CT molecular complexity index is 341. The van der Waals surface area contributed by atoms with Gasteiger partial charge < -0.3 is 30.9 Å². The molecule has 7 heteroatoms. The Labute approximate surface area is 166 Å². The van der Waals surface area contributed by atoms with Crippen molar-refractivity contribution < 1.29 is 14.4 Å². The van der Waals surface area contributed by atoms with E-state index in [0.717, 1.165) is 51.6 Å². The minimum atomic E-state index is -0.0894. The Kier molecular flexibility index (Phi) is 27.8. The zero-order valence-corrected chi connectivity index (χ0v) is 18.5. The average molecular weight is 389 g/mol. The first-order chi connectivity index (χ1) is 12.9. The molecule has 0 aromatic carbocycles. The molecule has 0 aliphatic rings. The van der Waals surface area contributed by atoms with Gasteiger partial charge in [-0.05, 0) is 66.8 Å². The lowest BCUT2D eigenvalue weighted by molar-refractivity contribution is -0.123. The van der Waals surface area contributed by atoms with Crippen LogP contribution in [0.1, 0.15) is 58.8 Å². The van der Waals surface area contributed by atoms with Gasteiger partial charge in [0.1, 0.15) is 12.6 Å². The highest BCUT2D eigenvalue weighted by Crippen LogP contribution is 2.11. The fraction of sp³-hybridized carbons (Fsp3) is 0.850. The molecule has 0 rings (SSSR count). The van der Waals surface area contributed by atoms with E-state index in [9.17, 15) is 9.59 Å². The number of nitrogens with one attached hydrogen (secondary N) is 4. The van der Waals surface area contributed by atoms with Crippen LogP contribution >= 0.6 is 0 Å². The van der Waals surface area contributed by atoms with E-state index in [1.165, 1.54) is 0 Å². The minimum absolute atomic E-state index is 0.0894. The molecule has 0 bridgehead atoms. The number of unbranched alkanes of at least 4 members (excludes halogenated alkanes) is 2. The van der Waals surface area contributed by atoms with Gasteiger partial charge in [-0.1, -0.05) is 26.2 Å². The third-order valence-electron chi connectivity index (χ3n) is 3.89. The van der Waals surface area contributed by atoms with Gasteiger partial charge in [0.05, 0.1) is 6.04 Å². The number of likely N-dealkylation sites (N-methyl/N-ethyl adjacent to an activating group) is 1. The normalized spacial score (nSPS) is 11.9. The molecule has 0 aliphatic heterocycles. The first-order valence-corrected chi connectivity index (χ1v) is 9.89. The highest BCUT2D eigenvalue weighted by atomic mass is 16.2. The van der Waals surface area contributed by atoms with E-state index >= 15 is 0 Å². The molecule has 0 saturated carbocycles. The largest absolute Gasteiger partial charge is 0.355 e. The van der Waals surface area contributed by atoms with Gasteiger partial charge in [-0.15, -0.1) is 0 Å². The zero-order chi connectivity index (χ0) is 21.5. The van der Waals surface area contributed by atoms with E-state index < -0.39 is 0 Å². The first-order valence-electron chi connectivity index (χ1n) is 9.89.